The van der Waals surface area contributed by atoms with Crippen LogP contribution in [0.5, 0.6) is 0 Å². The van der Waals surface area contributed by atoms with Gasteiger partial charge in [0.15, 0.2) is 11.3 Å². The fourth-order valence-electron chi connectivity index (χ4n) is 5.70. The van der Waals surface area contributed by atoms with E-state index in [0.717, 1.165) is 34.0 Å². The van der Waals surface area contributed by atoms with Crippen molar-refractivity contribution in [2.45, 2.75) is 71.3 Å². The van der Waals surface area contributed by atoms with Crippen LogP contribution in [0.25, 0.3) is 0 Å². The van der Waals surface area contributed by atoms with Gasteiger partial charge in [-0.15, -0.1) is 0 Å². The first-order chi connectivity index (χ1) is 19.9. The van der Waals surface area contributed by atoms with Crippen molar-refractivity contribution in [3.8, 4) is 0 Å². The van der Waals surface area contributed by atoms with E-state index in [1.807, 2.05) is 44.8 Å². The Hall–Kier alpha value is -2.48. The van der Waals surface area contributed by atoms with Crippen LogP contribution in [0.2, 0.25) is 0 Å². The Bertz CT molecular complexity index is 1440. The Kier molecular flexibility index (Phi) is 10.7. The van der Waals surface area contributed by atoms with E-state index in [4.69, 9.17) is 0 Å². The molecule has 3 aliphatic rings. The summed E-state index contributed by atoms with van der Waals surface area (Å²) in [6, 6.07) is 2.78. The summed E-state index contributed by atoms with van der Waals surface area (Å²) >= 11 is 3.66. The third-order valence-corrected chi connectivity index (χ3v) is 9.21. The number of rotatable bonds is 9. The highest BCUT2D eigenvalue weighted by Gasteiger charge is 2.44. The first-order valence-electron chi connectivity index (χ1n) is 14.1. The van der Waals surface area contributed by atoms with Gasteiger partial charge in [-0.3, -0.25) is 24.9 Å². The lowest BCUT2D eigenvalue weighted by Gasteiger charge is -2.26. The summed E-state index contributed by atoms with van der Waals surface area (Å²) in [6.07, 6.45) is 7.06. The van der Waals surface area contributed by atoms with Crippen LogP contribution in [-0.2, 0) is 11.2 Å². The molecule has 0 saturated heterocycles. The lowest BCUT2D eigenvalue weighted by molar-refractivity contribution is -0.115. The molecule has 1 aromatic carbocycles. The molecule has 0 bridgehead atoms. The Morgan fingerprint density at radius 3 is 2.64 bits per heavy atom. The minimum Gasteiger partial charge on any atom is -0.294 e. The van der Waals surface area contributed by atoms with Crippen molar-refractivity contribution >= 4 is 47.2 Å². The minimum absolute atomic E-state index is 0.00298. The maximum Gasteiger partial charge on any atom is 0.430 e. The Balaban J connectivity index is 1.68. The largest absolute Gasteiger partial charge is 0.430 e. The van der Waals surface area contributed by atoms with Crippen LogP contribution in [0.4, 0.5) is 13.2 Å². The zero-order valence-corrected chi connectivity index (χ0v) is 26.8. The molecule has 1 N–H and O–H groups in total. The number of alkyl halides is 3. The first kappa shape index (κ1) is 32.4. The fraction of sp³-hybridized carbons (Fsp3) is 0.438. The molecule has 0 fully saturated rings. The normalized spacial score (nSPS) is 23.1. The number of hydrogen-bond acceptors (Lipinski definition) is 5. The van der Waals surface area contributed by atoms with Crippen LogP contribution in [0.15, 0.2) is 68.1 Å². The second-order valence-electron chi connectivity index (χ2n) is 11.0. The van der Waals surface area contributed by atoms with Gasteiger partial charge in [0, 0.05) is 46.6 Å². The molecule has 42 heavy (non-hydrogen) atoms. The van der Waals surface area contributed by atoms with Crippen molar-refractivity contribution in [2.75, 3.05) is 13.2 Å². The average molecular weight is 663 g/mol. The fourth-order valence-corrected chi connectivity index (χ4v) is 6.67. The lowest BCUT2D eigenvalue weighted by Crippen LogP contribution is -2.41. The zero-order valence-electron chi connectivity index (χ0n) is 24.2. The van der Waals surface area contributed by atoms with E-state index in [-0.39, 0.29) is 45.2 Å². The maximum atomic E-state index is 14.1. The summed E-state index contributed by atoms with van der Waals surface area (Å²) in [5, 5.41) is 2.89. The van der Waals surface area contributed by atoms with Crippen LogP contribution in [0.1, 0.15) is 59.7 Å². The monoisotopic (exact) mass is 661 g/mol. The third-order valence-electron chi connectivity index (χ3n) is 7.71. The van der Waals surface area contributed by atoms with Crippen molar-refractivity contribution in [3.63, 3.8) is 0 Å². The number of dihydropyridines is 1. The number of allylic oxidation sites excluding steroid dienone is 7. The molecule has 1 aliphatic carbocycles. The van der Waals surface area contributed by atoms with Crippen LogP contribution < -0.4 is 5.32 Å². The first-order valence-corrected chi connectivity index (χ1v) is 16.4. The number of carbonyl (C=O) groups excluding carboxylic acids is 2. The van der Waals surface area contributed by atoms with Gasteiger partial charge in [0.1, 0.15) is 5.71 Å². The number of halogens is 4. The van der Waals surface area contributed by atoms with Crippen molar-refractivity contribution in [3.05, 3.63) is 80.4 Å². The third kappa shape index (κ3) is 7.91. The summed E-state index contributed by atoms with van der Waals surface area (Å²) in [7, 11) is 0.0654. The molecule has 0 radical (unpaired) electrons. The van der Waals surface area contributed by atoms with E-state index in [9.17, 15) is 22.8 Å². The molecule has 10 heteroatoms. The summed E-state index contributed by atoms with van der Waals surface area (Å²) in [6.45, 7) is 7.53. The molecule has 2 heterocycles. The number of carbonyl (C=O) groups is 2. The van der Waals surface area contributed by atoms with Gasteiger partial charge >= 0.3 is 6.18 Å². The van der Waals surface area contributed by atoms with E-state index < -0.39 is 24.1 Å². The Morgan fingerprint density at radius 1 is 1.17 bits per heavy atom. The summed E-state index contributed by atoms with van der Waals surface area (Å²) in [5.74, 6) is -0.391. The highest BCUT2D eigenvalue weighted by atomic mass is 79.9. The molecule has 4 unspecified atom stereocenters. The van der Waals surface area contributed by atoms with Gasteiger partial charge in [0.2, 0.25) is 0 Å². The quantitative estimate of drug-likeness (QED) is 0.278. The molecule has 224 valence electrons. The predicted molar refractivity (Wildman–Crippen MR) is 170 cm³/mol. The van der Waals surface area contributed by atoms with Gasteiger partial charge in [-0.2, -0.15) is 13.2 Å². The SMILES string of the molecule is CPC(=O)c1cc(C)cc(C)c1CC(=O)C1=CC(CC2NC(C)N=C2C(F)(F)F)=NCC1CC1=CCCC=CC=C1Br. The number of nitrogens with one attached hydrogen (secondary N) is 1. The van der Waals surface area contributed by atoms with E-state index in [2.05, 4.69) is 43.4 Å². The summed E-state index contributed by atoms with van der Waals surface area (Å²) in [4.78, 5) is 35.4. The molecule has 4 rings (SSSR count). The van der Waals surface area contributed by atoms with Crippen LogP contribution in [0.3, 0.4) is 0 Å². The van der Waals surface area contributed by atoms with Gasteiger partial charge in [-0.05, 0) is 90.2 Å². The topological polar surface area (TPSA) is 70.9 Å². The molecular formula is C32H36BrF3N3O2P. The number of Topliss-reactive ketones (excluding diaryl/α,β-unsaturated/α-hetero) is 1. The van der Waals surface area contributed by atoms with Crippen molar-refractivity contribution in [1.29, 1.82) is 0 Å². The standard InChI is InChI=1S/C32H36BrF3N3O2P/c1-18-11-19(2)24(26(12-18)31(41)42-4)16-29(40)25-14-23(15-28-30(32(34,35)36)39-20(3)38-28)37-17-22(25)13-21-9-7-5-6-8-10-27(21)33/h6,8-12,14,20,22,28,38,42H,5,7,13,15-17H2,1-4H3. The number of aliphatic imine (C=N–C) groups is 2. The number of aryl methyl sites for hydroxylation is 2. The summed E-state index contributed by atoms with van der Waals surface area (Å²) in [5.41, 5.74) is 4.31. The number of benzene rings is 1. The van der Waals surface area contributed by atoms with E-state index in [0.29, 0.717) is 28.8 Å². The van der Waals surface area contributed by atoms with Gasteiger partial charge in [-0.1, -0.05) is 45.8 Å². The highest BCUT2D eigenvalue weighted by Crippen LogP contribution is 2.34. The van der Waals surface area contributed by atoms with Gasteiger partial charge in [0.25, 0.3) is 0 Å². The molecule has 0 amide bonds. The molecule has 5 nitrogen and oxygen atoms in total. The van der Waals surface area contributed by atoms with E-state index in [1.54, 1.807) is 13.0 Å². The molecule has 0 aromatic heterocycles. The molecule has 4 atom stereocenters. The molecular weight excluding hydrogens is 626 g/mol. The number of ketones is 1. The minimum atomic E-state index is -4.55. The molecule has 0 spiro atoms. The van der Waals surface area contributed by atoms with E-state index >= 15 is 0 Å². The second kappa shape index (κ2) is 13.9. The Morgan fingerprint density at radius 2 is 1.93 bits per heavy atom. The molecule has 0 saturated carbocycles. The van der Waals surface area contributed by atoms with Gasteiger partial charge in [-0.25, -0.2) is 0 Å². The van der Waals surface area contributed by atoms with Crippen LogP contribution >= 0.6 is 24.5 Å². The summed E-state index contributed by atoms with van der Waals surface area (Å²) < 4.78 is 42.0. The second-order valence-corrected chi connectivity index (χ2v) is 12.8. The number of hydrogen-bond donors (Lipinski definition) is 1. The average Bonchev–Trinajstić information content (AvgIpc) is 3.30. The predicted octanol–water partition coefficient (Wildman–Crippen LogP) is 7.52. The zero-order chi connectivity index (χ0) is 30.6. The van der Waals surface area contributed by atoms with Crippen LogP contribution in [-0.4, -0.2) is 54.3 Å². The number of nitrogens with zero attached hydrogens (tertiary/aromatic N) is 2. The lowest BCUT2D eigenvalue weighted by atomic mass is 9.82. The van der Waals surface area contributed by atoms with Gasteiger partial charge in [0.05, 0.1) is 12.2 Å². The maximum absolute atomic E-state index is 14.1. The van der Waals surface area contributed by atoms with Gasteiger partial charge < -0.3 is 0 Å². The molecule has 2 aliphatic heterocycles. The highest BCUT2D eigenvalue weighted by molar-refractivity contribution is 9.12. The van der Waals surface area contributed by atoms with Crippen LogP contribution in [0, 0.1) is 19.8 Å². The van der Waals surface area contributed by atoms with E-state index in [1.165, 1.54) is 0 Å². The van der Waals surface area contributed by atoms with Crippen molar-refractivity contribution < 1.29 is 22.8 Å². The van der Waals surface area contributed by atoms with Crippen molar-refractivity contribution in [2.24, 2.45) is 15.9 Å². The molecule has 1 aromatic rings. The van der Waals surface area contributed by atoms with Crippen molar-refractivity contribution in [1.82, 2.24) is 5.32 Å². The Labute approximate surface area is 255 Å². The smallest absolute Gasteiger partial charge is 0.294 e.